The van der Waals surface area contributed by atoms with Gasteiger partial charge in [-0.25, -0.2) is 4.98 Å². The molecule has 0 N–H and O–H groups in total. The van der Waals surface area contributed by atoms with Gasteiger partial charge in [-0.05, 0) is 145 Å². The molecule has 0 radical (unpaired) electrons. The number of ether oxygens (including phenoxy) is 1. The molecule has 0 atom stereocenters. The van der Waals surface area contributed by atoms with E-state index in [0.29, 0.717) is 44.7 Å². The molecule has 0 saturated heterocycles. The summed E-state index contributed by atoms with van der Waals surface area (Å²) in [5.41, 5.74) is 10.5. The quantitative estimate of drug-likeness (QED) is 0.144. The highest BCUT2D eigenvalue weighted by molar-refractivity contribution is 6.09. The first-order valence-corrected chi connectivity index (χ1v) is 27.9. The lowest BCUT2D eigenvalue weighted by molar-refractivity contribution is 0.332. The van der Waals surface area contributed by atoms with Gasteiger partial charge in [0.15, 0.2) is 0 Å². The van der Waals surface area contributed by atoms with Crippen molar-refractivity contribution in [3.8, 4) is 61.8 Å². The Balaban J connectivity index is 0.963. The summed E-state index contributed by atoms with van der Waals surface area (Å²) >= 11 is 0. The number of fused-ring (bicyclic) bond motifs is 5. The third-order valence-corrected chi connectivity index (χ3v) is 16.5. The smallest absolute Gasteiger partial charge is 0.137 e. The van der Waals surface area contributed by atoms with E-state index in [9.17, 15) is 8.22 Å². The van der Waals surface area contributed by atoms with Gasteiger partial charge >= 0.3 is 0 Å². The summed E-state index contributed by atoms with van der Waals surface area (Å²) in [6, 6.07) is 39.1. The van der Waals surface area contributed by atoms with Gasteiger partial charge in [-0.1, -0.05) is 208 Å². The molecule has 2 aromatic heterocycles. The van der Waals surface area contributed by atoms with Crippen molar-refractivity contribution in [1.29, 1.82) is 0 Å². The van der Waals surface area contributed by atoms with Crippen LogP contribution in [-0.4, -0.2) is 16.2 Å². The Labute approximate surface area is 497 Å². The zero-order chi connectivity index (χ0) is 67.3. The van der Waals surface area contributed by atoms with E-state index in [0.717, 1.165) is 52.3 Å². The first-order valence-electron chi connectivity index (χ1n) is 34.4. The number of nitrogens with zero attached hydrogens (tertiary/aromatic N) is 4. The molecule has 0 spiro atoms. The standard InChI is InChI=1S/C76H72N4O/c1-73(2,3)55-43-61(53-34-32-51(33-35-53)50-22-13-11-14-23-50)72(62(44-55)54-36-39-64-66(42-54)76(9,10)41-40-75(64,7)8)79-49-78(68-30-19-20-31-69(68)79)56-26-21-27-57(45-56)81-58-37-38-60-59-28-17-18-29-67(59)80(70(60)46-58)71-47-65(74(4,5)6)63(48-77-71)52-24-15-12-16-25-52/h11-39,42-48H,40-41,49H2,1-10H3/i12D,15D,16D,17D,18D,24D,25D,28D,29D,32D,33D,34D,35D. The van der Waals surface area contributed by atoms with Gasteiger partial charge < -0.3 is 14.5 Å². The highest BCUT2D eigenvalue weighted by Crippen LogP contribution is 2.54. The van der Waals surface area contributed by atoms with Crippen LogP contribution in [0.15, 0.2) is 218 Å². The molecule has 0 unspecified atom stereocenters. The third kappa shape index (κ3) is 9.37. The number of benzene rings is 9. The van der Waals surface area contributed by atoms with E-state index < -0.39 is 41.0 Å². The zero-order valence-electron chi connectivity index (χ0n) is 60.6. The average molecular weight is 1070 g/mol. The van der Waals surface area contributed by atoms with Gasteiger partial charge in [0, 0.05) is 51.5 Å². The van der Waals surface area contributed by atoms with E-state index in [2.05, 4.69) is 101 Å². The maximum atomic E-state index is 9.95. The molecular weight excluding hydrogens is 985 g/mol. The van der Waals surface area contributed by atoms with Crippen LogP contribution in [0.3, 0.4) is 0 Å². The van der Waals surface area contributed by atoms with Crippen molar-refractivity contribution in [2.75, 3.05) is 16.5 Å². The van der Waals surface area contributed by atoms with Crippen molar-refractivity contribution >= 4 is 44.6 Å². The molecule has 0 fully saturated rings. The lowest BCUT2D eigenvalue weighted by Gasteiger charge is -2.42. The molecule has 1 aliphatic heterocycles. The van der Waals surface area contributed by atoms with E-state index in [-0.39, 0.29) is 99.2 Å². The minimum absolute atomic E-state index is 0.00722. The summed E-state index contributed by atoms with van der Waals surface area (Å²) < 4.78 is 127. The number of aromatic nitrogens is 2. The summed E-state index contributed by atoms with van der Waals surface area (Å²) in [6.07, 6.45) is 3.53. The fourth-order valence-corrected chi connectivity index (χ4v) is 12.0. The van der Waals surface area contributed by atoms with Crippen LogP contribution in [0.25, 0.3) is 72.1 Å². The number of rotatable bonds is 9. The summed E-state index contributed by atoms with van der Waals surface area (Å²) in [5.74, 6) is 1.11. The molecule has 13 rings (SSSR count). The molecule has 0 amide bonds. The van der Waals surface area contributed by atoms with Gasteiger partial charge in [-0.2, -0.15) is 0 Å². The second kappa shape index (κ2) is 19.6. The van der Waals surface area contributed by atoms with Crippen molar-refractivity contribution in [3.05, 3.63) is 240 Å². The zero-order valence-corrected chi connectivity index (χ0v) is 47.6. The molecule has 5 nitrogen and oxygen atoms in total. The predicted molar refractivity (Wildman–Crippen MR) is 342 cm³/mol. The maximum Gasteiger partial charge on any atom is 0.137 e. The number of pyridine rings is 1. The van der Waals surface area contributed by atoms with Crippen LogP contribution < -0.4 is 14.5 Å². The normalized spacial score (nSPS) is 17.0. The minimum atomic E-state index is -0.692. The highest BCUT2D eigenvalue weighted by Gasteiger charge is 2.38. The largest absolute Gasteiger partial charge is 0.457 e. The van der Waals surface area contributed by atoms with Crippen LogP contribution in [0.4, 0.5) is 22.7 Å². The molecule has 9 aromatic carbocycles. The molecule has 81 heavy (non-hydrogen) atoms. The Morgan fingerprint density at radius 3 is 1.85 bits per heavy atom. The molecule has 3 heterocycles. The lowest BCUT2D eigenvalue weighted by atomic mass is 9.63. The first-order chi connectivity index (χ1) is 44.3. The number of hydrogen-bond acceptors (Lipinski definition) is 4. The van der Waals surface area contributed by atoms with Gasteiger partial charge in [0.2, 0.25) is 0 Å². The lowest BCUT2D eigenvalue weighted by Crippen LogP contribution is -2.33. The molecule has 5 heteroatoms. The second-order valence-corrected chi connectivity index (χ2v) is 25.0. The topological polar surface area (TPSA) is 33.5 Å². The summed E-state index contributed by atoms with van der Waals surface area (Å²) in [6.45, 7) is 21.8. The molecule has 0 saturated carbocycles. The summed E-state index contributed by atoms with van der Waals surface area (Å²) in [4.78, 5) is 9.31. The van der Waals surface area contributed by atoms with Crippen molar-refractivity contribution in [1.82, 2.24) is 9.55 Å². The van der Waals surface area contributed by atoms with E-state index in [1.165, 1.54) is 17.3 Å². The maximum absolute atomic E-state index is 9.95. The van der Waals surface area contributed by atoms with Crippen LogP contribution in [0, 0.1) is 0 Å². The fraction of sp³-hybridized carbons (Fsp3) is 0.224. The van der Waals surface area contributed by atoms with Crippen LogP contribution in [-0.2, 0) is 21.7 Å². The van der Waals surface area contributed by atoms with Gasteiger partial charge in [0.05, 0.1) is 45.9 Å². The van der Waals surface area contributed by atoms with Crippen LogP contribution in [0.1, 0.15) is 122 Å². The third-order valence-electron chi connectivity index (χ3n) is 16.5. The van der Waals surface area contributed by atoms with Crippen molar-refractivity contribution in [3.63, 3.8) is 0 Å². The number of anilines is 4. The molecule has 1 aliphatic carbocycles. The molecule has 402 valence electrons. The van der Waals surface area contributed by atoms with Crippen molar-refractivity contribution in [2.24, 2.45) is 0 Å². The second-order valence-electron chi connectivity index (χ2n) is 25.0. The van der Waals surface area contributed by atoms with Crippen LogP contribution in [0.2, 0.25) is 0 Å². The molecule has 11 aromatic rings. The number of hydrogen-bond donors (Lipinski definition) is 0. The van der Waals surface area contributed by atoms with Crippen molar-refractivity contribution < 1.29 is 22.6 Å². The Bertz CT molecular complexity index is 4950. The van der Waals surface area contributed by atoms with E-state index in [1.807, 2.05) is 87.5 Å². The Kier molecular flexibility index (Phi) is 9.38. The number of para-hydroxylation sites is 3. The molecule has 0 bridgehead atoms. The van der Waals surface area contributed by atoms with E-state index >= 15 is 0 Å². The predicted octanol–water partition coefficient (Wildman–Crippen LogP) is 20.8. The molecule has 2 aliphatic rings. The highest BCUT2D eigenvalue weighted by atomic mass is 16.5. The van der Waals surface area contributed by atoms with Crippen LogP contribution in [0.5, 0.6) is 11.5 Å². The van der Waals surface area contributed by atoms with E-state index in [4.69, 9.17) is 19.3 Å². The van der Waals surface area contributed by atoms with Gasteiger partial charge in [0.25, 0.3) is 0 Å². The Hall–Kier alpha value is -8.67. The Morgan fingerprint density at radius 1 is 0.481 bits per heavy atom. The first kappa shape index (κ1) is 38.8. The summed E-state index contributed by atoms with van der Waals surface area (Å²) in [5, 5.41) is 0.768. The fourth-order valence-electron chi connectivity index (χ4n) is 12.0. The Morgan fingerprint density at radius 2 is 1.12 bits per heavy atom. The van der Waals surface area contributed by atoms with Gasteiger partial charge in [-0.3, -0.25) is 4.57 Å². The average Bonchev–Trinajstić information content (AvgIpc) is 1.53. The monoisotopic (exact) mass is 1070 g/mol. The van der Waals surface area contributed by atoms with Crippen LogP contribution >= 0.6 is 0 Å². The van der Waals surface area contributed by atoms with Gasteiger partial charge in [0.1, 0.15) is 24.0 Å². The van der Waals surface area contributed by atoms with Gasteiger partial charge in [-0.15, -0.1) is 0 Å². The minimum Gasteiger partial charge on any atom is -0.457 e. The van der Waals surface area contributed by atoms with Crippen molar-refractivity contribution in [2.45, 2.75) is 104 Å². The SMILES string of the molecule is [2H]c1c([2H])c([2H])c(-c2cnc(-n3c4cc(Oc5cccc(N6CN(c7c(-c8ccc9c(c8)C(C)(C)CCC9(C)C)cc(C(C)(C)C)cc7-c7c([2H])c([2H])c(-c8ccccc8)c([2H])c7[2H])c7ccccc76)c5)ccc4c4c([2H])c([2H])c([2H])c([2H])c43)cc2C(C)(C)C)c([2H])c1[2H]. The summed E-state index contributed by atoms with van der Waals surface area (Å²) in [7, 11) is 0. The molecular formula is C76H72N4O. The van der Waals surface area contributed by atoms with E-state index in [1.54, 1.807) is 28.8 Å².